The Morgan fingerprint density at radius 3 is 2.76 bits per heavy atom. The Bertz CT molecular complexity index is 1130. The van der Waals surface area contributed by atoms with Crippen molar-refractivity contribution in [2.75, 3.05) is 10.6 Å². The molecule has 8 nitrogen and oxygen atoms in total. The summed E-state index contributed by atoms with van der Waals surface area (Å²) in [7, 11) is 1.92. The first-order chi connectivity index (χ1) is 14.2. The maximum Gasteiger partial charge on any atom is 0.230 e. The molecule has 1 saturated carbocycles. The van der Waals surface area contributed by atoms with E-state index in [2.05, 4.69) is 24.7 Å². The van der Waals surface area contributed by atoms with Crippen LogP contribution in [0, 0.1) is 6.92 Å². The molecular formula is C20H24N8S. The molecule has 0 aromatic carbocycles. The van der Waals surface area contributed by atoms with Crippen molar-refractivity contribution in [1.29, 1.82) is 0 Å². The number of aryl methyl sites for hydroxylation is 2. The molecule has 4 aromatic heterocycles. The van der Waals surface area contributed by atoms with Gasteiger partial charge >= 0.3 is 0 Å². The van der Waals surface area contributed by atoms with Crippen LogP contribution in [0.1, 0.15) is 37.8 Å². The van der Waals surface area contributed by atoms with Crippen molar-refractivity contribution < 1.29 is 0 Å². The maximum absolute atomic E-state index is 4.86. The van der Waals surface area contributed by atoms with Gasteiger partial charge in [0.1, 0.15) is 10.5 Å². The average molecular weight is 409 g/mol. The van der Waals surface area contributed by atoms with E-state index in [4.69, 9.17) is 9.97 Å². The van der Waals surface area contributed by atoms with Gasteiger partial charge in [0, 0.05) is 25.5 Å². The summed E-state index contributed by atoms with van der Waals surface area (Å²) < 4.78 is 8.24. The molecule has 1 fully saturated rings. The van der Waals surface area contributed by atoms with Crippen molar-refractivity contribution in [2.24, 2.45) is 7.05 Å². The first-order valence-electron chi connectivity index (χ1n) is 10.0. The number of anilines is 3. The van der Waals surface area contributed by atoms with E-state index in [-0.39, 0.29) is 0 Å². The number of hydrogen-bond donors (Lipinski definition) is 2. The molecule has 150 valence electrons. The van der Waals surface area contributed by atoms with Crippen LogP contribution in [-0.2, 0) is 7.05 Å². The highest BCUT2D eigenvalue weighted by Gasteiger charge is 2.19. The molecule has 0 saturated heterocycles. The van der Waals surface area contributed by atoms with Gasteiger partial charge in [-0.15, -0.1) is 0 Å². The van der Waals surface area contributed by atoms with Gasteiger partial charge in [-0.2, -0.15) is 14.5 Å². The van der Waals surface area contributed by atoms with Crippen molar-refractivity contribution in [3.8, 4) is 5.69 Å². The van der Waals surface area contributed by atoms with Crippen LogP contribution in [0.5, 0.6) is 0 Å². The highest BCUT2D eigenvalue weighted by Crippen LogP contribution is 2.30. The van der Waals surface area contributed by atoms with E-state index in [1.165, 1.54) is 43.6 Å². The second-order valence-electron chi connectivity index (χ2n) is 7.62. The quantitative estimate of drug-likeness (QED) is 0.509. The standard InChI is InChI=1S/C20H24N8S/c1-13-10-17(29-26-13)24-20-23-16-8-9-28(15-11-21-27(2)12-15)18(16)19(25-20)22-14-6-4-3-5-7-14/h8-12,14H,3-7H2,1-2H3,(H2,22,23,24,25). The van der Waals surface area contributed by atoms with Crippen LogP contribution in [0.2, 0.25) is 0 Å². The number of nitrogens with zero attached hydrogens (tertiary/aromatic N) is 6. The molecule has 0 radical (unpaired) electrons. The van der Waals surface area contributed by atoms with Gasteiger partial charge in [0.25, 0.3) is 0 Å². The third-order valence-corrected chi connectivity index (χ3v) is 6.11. The van der Waals surface area contributed by atoms with Crippen LogP contribution in [0.3, 0.4) is 0 Å². The van der Waals surface area contributed by atoms with Crippen LogP contribution >= 0.6 is 11.5 Å². The van der Waals surface area contributed by atoms with Gasteiger partial charge in [0.2, 0.25) is 5.95 Å². The summed E-state index contributed by atoms with van der Waals surface area (Å²) in [6.45, 7) is 1.98. The molecule has 0 bridgehead atoms. The number of aromatic nitrogens is 6. The SMILES string of the molecule is Cc1cc(Nc2nc(NC3CCCCC3)c3c(ccn3-c3cnn(C)c3)n2)sn1. The van der Waals surface area contributed by atoms with E-state index < -0.39 is 0 Å². The minimum absolute atomic E-state index is 0.442. The monoisotopic (exact) mass is 408 g/mol. The molecule has 4 aromatic rings. The van der Waals surface area contributed by atoms with Crippen molar-refractivity contribution in [1.82, 2.24) is 28.7 Å². The topological polar surface area (TPSA) is 85.5 Å². The van der Waals surface area contributed by atoms with Gasteiger partial charge < -0.3 is 15.2 Å². The summed E-state index contributed by atoms with van der Waals surface area (Å²) in [6, 6.07) is 4.48. The Morgan fingerprint density at radius 1 is 1.17 bits per heavy atom. The lowest BCUT2D eigenvalue weighted by Gasteiger charge is -2.24. The Kier molecular flexibility index (Phi) is 4.67. The van der Waals surface area contributed by atoms with Gasteiger partial charge in [-0.1, -0.05) is 19.3 Å². The van der Waals surface area contributed by atoms with Gasteiger partial charge in [0.05, 0.1) is 23.1 Å². The maximum atomic E-state index is 4.86. The van der Waals surface area contributed by atoms with E-state index >= 15 is 0 Å². The molecule has 1 aliphatic carbocycles. The first-order valence-corrected chi connectivity index (χ1v) is 10.8. The van der Waals surface area contributed by atoms with E-state index in [9.17, 15) is 0 Å². The van der Waals surface area contributed by atoms with E-state index in [0.717, 1.165) is 33.2 Å². The van der Waals surface area contributed by atoms with Crippen LogP contribution in [0.15, 0.2) is 30.7 Å². The zero-order chi connectivity index (χ0) is 19.8. The van der Waals surface area contributed by atoms with Gasteiger partial charge in [-0.05, 0) is 43.4 Å². The zero-order valence-electron chi connectivity index (χ0n) is 16.6. The smallest absolute Gasteiger partial charge is 0.230 e. The second-order valence-corrected chi connectivity index (χ2v) is 8.43. The lowest BCUT2D eigenvalue weighted by atomic mass is 9.95. The molecule has 4 heterocycles. The van der Waals surface area contributed by atoms with Crippen LogP contribution in [0.4, 0.5) is 16.8 Å². The highest BCUT2D eigenvalue weighted by atomic mass is 32.1. The summed E-state index contributed by atoms with van der Waals surface area (Å²) in [5, 5.41) is 12.3. The van der Waals surface area contributed by atoms with Crippen LogP contribution in [-0.4, -0.2) is 34.7 Å². The predicted molar refractivity (Wildman–Crippen MR) is 116 cm³/mol. The third kappa shape index (κ3) is 3.69. The van der Waals surface area contributed by atoms with Crippen molar-refractivity contribution in [3.05, 3.63) is 36.4 Å². The molecule has 0 atom stereocenters. The van der Waals surface area contributed by atoms with Gasteiger partial charge in [-0.3, -0.25) is 4.68 Å². The Hall–Kier alpha value is -2.94. The number of nitrogens with one attached hydrogen (secondary N) is 2. The minimum atomic E-state index is 0.442. The summed E-state index contributed by atoms with van der Waals surface area (Å²) in [6.07, 6.45) is 12.1. The number of rotatable bonds is 5. The van der Waals surface area contributed by atoms with Crippen molar-refractivity contribution in [3.63, 3.8) is 0 Å². The molecule has 1 aliphatic rings. The van der Waals surface area contributed by atoms with Crippen molar-refractivity contribution >= 4 is 39.3 Å². The fourth-order valence-electron chi connectivity index (χ4n) is 3.92. The predicted octanol–water partition coefficient (Wildman–Crippen LogP) is 4.41. The number of fused-ring (bicyclic) bond motifs is 1. The van der Waals surface area contributed by atoms with Gasteiger partial charge in [0.15, 0.2) is 5.82 Å². The molecule has 0 aliphatic heterocycles. The molecule has 0 spiro atoms. The Morgan fingerprint density at radius 2 is 2.03 bits per heavy atom. The molecule has 0 unspecified atom stereocenters. The summed E-state index contributed by atoms with van der Waals surface area (Å²) in [4.78, 5) is 9.62. The Balaban J connectivity index is 1.58. The Labute approximate surface area is 173 Å². The fraction of sp³-hybridized carbons (Fsp3) is 0.400. The zero-order valence-corrected chi connectivity index (χ0v) is 17.4. The normalized spacial score (nSPS) is 15.1. The fourth-order valence-corrected chi connectivity index (χ4v) is 4.58. The lowest BCUT2D eigenvalue weighted by molar-refractivity contribution is 0.462. The molecule has 2 N–H and O–H groups in total. The molecule has 29 heavy (non-hydrogen) atoms. The average Bonchev–Trinajstić information content (AvgIpc) is 3.43. The van der Waals surface area contributed by atoms with Crippen LogP contribution in [0.25, 0.3) is 16.7 Å². The van der Waals surface area contributed by atoms with E-state index in [0.29, 0.717) is 12.0 Å². The van der Waals surface area contributed by atoms with Crippen molar-refractivity contribution in [2.45, 2.75) is 45.1 Å². The first kappa shape index (κ1) is 18.1. The summed E-state index contributed by atoms with van der Waals surface area (Å²) in [5.74, 6) is 1.45. The number of hydrogen-bond acceptors (Lipinski definition) is 7. The molecule has 0 amide bonds. The van der Waals surface area contributed by atoms with Gasteiger partial charge in [-0.25, -0.2) is 4.98 Å². The van der Waals surface area contributed by atoms with E-state index in [1.807, 2.05) is 44.7 Å². The van der Waals surface area contributed by atoms with E-state index in [1.54, 1.807) is 4.68 Å². The minimum Gasteiger partial charge on any atom is -0.365 e. The summed E-state index contributed by atoms with van der Waals surface area (Å²) >= 11 is 1.42. The highest BCUT2D eigenvalue weighted by molar-refractivity contribution is 7.10. The second kappa shape index (κ2) is 7.47. The lowest BCUT2D eigenvalue weighted by Crippen LogP contribution is -2.23. The molecule has 5 rings (SSSR count). The summed E-state index contributed by atoms with van der Waals surface area (Å²) in [5.41, 5.74) is 3.86. The molecule has 9 heteroatoms. The van der Waals surface area contributed by atoms with Crippen LogP contribution < -0.4 is 10.6 Å². The largest absolute Gasteiger partial charge is 0.365 e. The molecular weight excluding hydrogens is 384 g/mol. The third-order valence-electron chi connectivity index (χ3n) is 5.31.